The minimum atomic E-state index is -0.0307. The number of rotatable bonds is 4. The number of ether oxygens (including phenoxy) is 1. The van der Waals surface area contributed by atoms with Crippen LogP contribution in [0, 0.1) is 0 Å². The second-order valence-corrected chi connectivity index (χ2v) is 5.77. The summed E-state index contributed by atoms with van der Waals surface area (Å²) >= 11 is 0. The highest BCUT2D eigenvalue weighted by atomic mass is 16.5. The fraction of sp³-hybridized carbons (Fsp3) is 0.600. The van der Waals surface area contributed by atoms with Crippen molar-refractivity contribution in [2.45, 2.75) is 49.7 Å². The van der Waals surface area contributed by atoms with E-state index in [1.54, 1.807) is 0 Å². The SMILES string of the molecule is COC1(Cc2ccc(C3(N)CCC3)cc2)CC1. The molecule has 2 aliphatic rings. The summed E-state index contributed by atoms with van der Waals surface area (Å²) < 4.78 is 5.56. The molecule has 0 heterocycles. The van der Waals surface area contributed by atoms with Crippen molar-refractivity contribution in [3.8, 4) is 0 Å². The Morgan fingerprint density at radius 3 is 2.18 bits per heavy atom. The molecule has 1 aromatic rings. The number of hydrogen-bond acceptors (Lipinski definition) is 2. The van der Waals surface area contributed by atoms with Gasteiger partial charge in [-0.2, -0.15) is 0 Å². The molecule has 1 aromatic carbocycles. The van der Waals surface area contributed by atoms with Crippen molar-refractivity contribution in [1.82, 2.24) is 0 Å². The molecule has 0 atom stereocenters. The van der Waals surface area contributed by atoms with Crippen molar-refractivity contribution in [3.05, 3.63) is 35.4 Å². The Morgan fingerprint density at radius 1 is 1.12 bits per heavy atom. The maximum Gasteiger partial charge on any atom is 0.0721 e. The van der Waals surface area contributed by atoms with Crippen LogP contribution in [0.15, 0.2) is 24.3 Å². The largest absolute Gasteiger partial charge is 0.378 e. The molecule has 0 aromatic heterocycles. The fourth-order valence-electron chi connectivity index (χ4n) is 2.77. The highest BCUT2D eigenvalue weighted by molar-refractivity contribution is 5.31. The highest BCUT2D eigenvalue weighted by Crippen LogP contribution is 2.42. The van der Waals surface area contributed by atoms with E-state index in [2.05, 4.69) is 24.3 Å². The standard InChI is InChI=1S/C15H21NO/c1-17-14(9-10-14)11-12-3-5-13(6-4-12)15(16)7-2-8-15/h3-6H,2,7-11,16H2,1H3. The molecule has 2 nitrogen and oxygen atoms in total. The Bertz CT molecular complexity index is 401. The normalized spacial score (nSPS) is 24.1. The second-order valence-electron chi connectivity index (χ2n) is 5.77. The summed E-state index contributed by atoms with van der Waals surface area (Å²) in [7, 11) is 1.82. The van der Waals surface area contributed by atoms with Crippen LogP contribution in [0.2, 0.25) is 0 Å². The van der Waals surface area contributed by atoms with Crippen LogP contribution in [-0.2, 0) is 16.7 Å². The van der Waals surface area contributed by atoms with Crippen LogP contribution in [0.25, 0.3) is 0 Å². The maximum absolute atomic E-state index is 6.32. The van der Waals surface area contributed by atoms with Gasteiger partial charge in [0.2, 0.25) is 0 Å². The number of hydrogen-bond donors (Lipinski definition) is 1. The summed E-state index contributed by atoms with van der Waals surface area (Å²) in [5.74, 6) is 0. The monoisotopic (exact) mass is 231 g/mol. The van der Waals surface area contributed by atoms with E-state index in [-0.39, 0.29) is 11.1 Å². The number of nitrogens with two attached hydrogens (primary N) is 1. The second kappa shape index (κ2) is 3.82. The van der Waals surface area contributed by atoms with E-state index < -0.39 is 0 Å². The quantitative estimate of drug-likeness (QED) is 0.864. The molecule has 0 bridgehead atoms. The molecule has 2 heteroatoms. The van der Waals surface area contributed by atoms with Crippen LogP contribution in [0.5, 0.6) is 0 Å². The first-order chi connectivity index (χ1) is 8.16. The van der Waals surface area contributed by atoms with E-state index in [1.807, 2.05) is 7.11 Å². The summed E-state index contributed by atoms with van der Waals surface area (Å²) in [6.07, 6.45) is 6.98. The lowest BCUT2D eigenvalue weighted by Crippen LogP contribution is -2.43. The van der Waals surface area contributed by atoms with Gasteiger partial charge in [-0.05, 0) is 43.2 Å². The minimum Gasteiger partial charge on any atom is -0.378 e. The van der Waals surface area contributed by atoms with Gasteiger partial charge in [-0.1, -0.05) is 24.3 Å². The average molecular weight is 231 g/mol. The fourth-order valence-corrected chi connectivity index (χ4v) is 2.77. The molecular formula is C15H21NO. The zero-order valence-corrected chi connectivity index (χ0v) is 10.5. The molecule has 0 aliphatic heterocycles. The molecule has 3 rings (SSSR count). The zero-order valence-electron chi connectivity index (χ0n) is 10.5. The van der Waals surface area contributed by atoms with Crippen molar-refractivity contribution >= 4 is 0 Å². The first-order valence-corrected chi connectivity index (χ1v) is 6.59. The van der Waals surface area contributed by atoms with Gasteiger partial charge < -0.3 is 10.5 Å². The van der Waals surface area contributed by atoms with Gasteiger partial charge in [0, 0.05) is 19.1 Å². The van der Waals surface area contributed by atoms with E-state index in [9.17, 15) is 0 Å². The summed E-state index contributed by atoms with van der Waals surface area (Å²) in [4.78, 5) is 0. The van der Waals surface area contributed by atoms with Crippen LogP contribution >= 0.6 is 0 Å². The minimum absolute atomic E-state index is 0.0307. The zero-order chi connectivity index (χ0) is 11.9. The smallest absolute Gasteiger partial charge is 0.0721 e. The van der Waals surface area contributed by atoms with Crippen LogP contribution in [0.1, 0.15) is 43.2 Å². The third-order valence-corrected chi connectivity index (χ3v) is 4.54. The van der Waals surface area contributed by atoms with Crippen molar-refractivity contribution in [3.63, 3.8) is 0 Å². The molecule has 0 saturated heterocycles. The van der Waals surface area contributed by atoms with Gasteiger partial charge in [0.25, 0.3) is 0 Å². The summed E-state index contributed by atoms with van der Waals surface area (Å²) in [5, 5.41) is 0. The lowest BCUT2D eigenvalue weighted by Gasteiger charge is -2.38. The number of methoxy groups -OCH3 is 1. The Balaban J connectivity index is 1.72. The van der Waals surface area contributed by atoms with Crippen LogP contribution in [0.4, 0.5) is 0 Å². The first-order valence-electron chi connectivity index (χ1n) is 6.59. The van der Waals surface area contributed by atoms with Crippen molar-refractivity contribution in [2.75, 3.05) is 7.11 Å². The molecule has 2 fully saturated rings. The van der Waals surface area contributed by atoms with Crippen LogP contribution < -0.4 is 5.73 Å². The van der Waals surface area contributed by atoms with Gasteiger partial charge in [-0.25, -0.2) is 0 Å². The molecule has 0 unspecified atom stereocenters. The molecule has 2 N–H and O–H groups in total. The Morgan fingerprint density at radius 2 is 1.76 bits per heavy atom. The third kappa shape index (κ3) is 2.00. The van der Waals surface area contributed by atoms with E-state index in [4.69, 9.17) is 10.5 Å². The lowest BCUT2D eigenvalue weighted by atomic mass is 9.72. The summed E-state index contributed by atoms with van der Waals surface area (Å²) in [5.41, 5.74) is 9.11. The van der Waals surface area contributed by atoms with Gasteiger partial charge in [-0.3, -0.25) is 0 Å². The van der Waals surface area contributed by atoms with Crippen LogP contribution in [-0.4, -0.2) is 12.7 Å². The lowest BCUT2D eigenvalue weighted by molar-refractivity contribution is 0.0807. The third-order valence-electron chi connectivity index (χ3n) is 4.54. The maximum atomic E-state index is 6.32. The average Bonchev–Trinajstić information content (AvgIpc) is 3.08. The van der Waals surface area contributed by atoms with E-state index >= 15 is 0 Å². The topological polar surface area (TPSA) is 35.2 Å². The molecule has 2 saturated carbocycles. The van der Waals surface area contributed by atoms with Gasteiger partial charge in [0.05, 0.1) is 5.60 Å². The van der Waals surface area contributed by atoms with Gasteiger partial charge in [0.15, 0.2) is 0 Å². The summed E-state index contributed by atoms with van der Waals surface area (Å²) in [6, 6.07) is 8.86. The van der Waals surface area contributed by atoms with E-state index in [0.717, 1.165) is 19.3 Å². The first kappa shape index (κ1) is 11.2. The van der Waals surface area contributed by atoms with Crippen LogP contribution in [0.3, 0.4) is 0 Å². The van der Waals surface area contributed by atoms with Gasteiger partial charge in [0.1, 0.15) is 0 Å². The van der Waals surface area contributed by atoms with E-state index in [0.29, 0.717) is 0 Å². The Kier molecular flexibility index (Phi) is 2.53. The van der Waals surface area contributed by atoms with Crippen molar-refractivity contribution in [1.29, 1.82) is 0 Å². The number of benzene rings is 1. The predicted octanol–water partition coefficient (Wildman–Crippen LogP) is 2.75. The Labute approximate surface area is 103 Å². The molecule has 0 spiro atoms. The highest BCUT2D eigenvalue weighted by Gasteiger charge is 2.42. The molecular weight excluding hydrogens is 210 g/mol. The van der Waals surface area contributed by atoms with Crippen molar-refractivity contribution in [2.24, 2.45) is 5.73 Å². The van der Waals surface area contributed by atoms with E-state index in [1.165, 1.54) is 30.4 Å². The molecule has 0 amide bonds. The molecule has 92 valence electrons. The predicted molar refractivity (Wildman–Crippen MR) is 68.8 cm³/mol. The van der Waals surface area contributed by atoms with Gasteiger partial charge >= 0.3 is 0 Å². The summed E-state index contributed by atoms with van der Waals surface area (Å²) in [6.45, 7) is 0. The molecule has 2 aliphatic carbocycles. The van der Waals surface area contributed by atoms with Gasteiger partial charge in [-0.15, -0.1) is 0 Å². The Hall–Kier alpha value is -0.860. The van der Waals surface area contributed by atoms with Crippen molar-refractivity contribution < 1.29 is 4.74 Å². The molecule has 0 radical (unpaired) electrons. The molecule has 17 heavy (non-hydrogen) atoms.